The van der Waals surface area contributed by atoms with Crippen molar-refractivity contribution in [1.29, 1.82) is 0 Å². The van der Waals surface area contributed by atoms with Crippen molar-refractivity contribution in [2.45, 2.75) is 0 Å². The number of pyridine rings is 1. The van der Waals surface area contributed by atoms with Crippen LogP contribution < -0.4 is 4.74 Å². The first-order valence-electron chi connectivity index (χ1n) is 6.82. The molecule has 0 spiro atoms. The number of carbonyl (C=O) groups excluding carboxylic acids is 1. The highest BCUT2D eigenvalue weighted by atomic mass is 79.9. The van der Waals surface area contributed by atoms with Crippen LogP contribution in [-0.2, 0) is 4.79 Å². The predicted molar refractivity (Wildman–Crippen MR) is 90.5 cm³/mol. The third-order valence-electron chi connectivity index (χ3n) is 3.17. The van der Waals surface area contributed by atoms with Gasteiger partial charge < -0.3 is 4.74 Å². The number of rotatable bonds is 3. The Morgan fingerprint density at radius 2 is 2.00 bits per heavy atom. The molecule has 0 aliphatic heterocycles. The number of hydrogen-bond donors (Lipinski definition) is 0. The number of carbonyl (C=O) groups is 1. The molecular formula is C18H11BrFNO2. The number of ether oxygens (including phenoxy) is 1. The molecule has 0 amide bonds. The van der Waals surface area contributed by atoms with Crippen molar-refractivity contribution in [3.8, 4) is 5.75 Å². The van der Waals surface area contributed by atoms with Gasteiger partial charge in [-0.1, -0.05) is 40.2 Å². The van der Waals surface area contributed by atoms with Crippen LogP contribution in [0.15, 0.2) is 65.3 Å². The summed E-state index contributed by atoms with van der Waals surface area (Å²) in [6.07, 6.45) is 4.55. The summed E-state index contributed by atoms with van der Waals surface area (Å²) >= 11 is 3.15. The van der Waals surface area contributed by atoms with Crippen LogP contribution in [0.1, 0.15) is 5.56 Å². The Balaban J connectivity index is 1.80. The normalized spacial score (nSPS) is 11.0. The molecule has 0 saturated carbocycles. The Morgan fingerprint density at radius 3 is 2.83 bits per heavy atom. The maximum atomic E-state index is 13.6. The SMILES string of the molecule is O=C(/C=C/c1cccc2cccnc12)Oc1ccc(Br)cc1F. The topological polar surface area (TPSA) is 39.2 Å². The minimum absolute atomic E-state index is 0.112. The maximum absolute atomic E-state index is 13.6. The van der Waals surface area contributed by atoms with Gasteiger partial charge in [-0.05, 0) is 30.3 Å². The summed E-state index contributed by atoms with van der Waals surface area (Å²) in [6.45, 7) is 0. The van der Waals surface area contributed by atoms with Crippen LogP contribution in [-0.4, -0.2) is 11.0 Å². The minimum atomic E-state index is -0.654. The van der Waals surface area contributed by atoms with Crippen molar-refractivity contribution >= 4 is 38.9 Å². The van der Waals surface area contributed by atoms with E-state index in [0.29, 0.717) is 4.47 Å². The summed E-state index contributed by atoms with van der Waals surface area (Å²) in [5.74, 6) is -1.37. The molecule has 2 aromatic carbocycles. The van der Waals surface area contributed by atoms with Gasteiger partial charge in [-0.3, -0.25) is 4.98 Å². The van der Waals surface area contributed by atoms with Crippen molar-refractivity contribution in [2.75, 3.05) is 0 Å². The summed E-state index contributed by atoms with van der Waals surface area (Å²) < 4.78 is 19.2. The lowest BCUT2D eigenvalue weighted by Gasteiger charge is -2.03. The highest BCUT2D eigenvalue weighted by molar-refractivity contribution is 9.10. The molecule has 0 unspecified atom stereocenters. The standard InChI is InChI=1S/C18H11BrFNO2/c19-14-7-8-16(15(20)11-14)23-17(22)9-6-13-4-1-3-12-5-2-10-21-18(12)13/h1-11H/b9-6+. The Bertz CT molecular complexity index is 903. The molecule has 3 nitrogen and oxygen atoms in total. The summed E-state index contributed by atoms with van der Waals surface area (Å²) in [5, 5.41) is 0.974. The zero-order valence-corrected chi connectivity index (χ0v) is 13.5. The molecule has 114 valence electrons. The monoisotopic (exact) mass is 371 g/mol. The Morgan fingerprint density at radius 1 is 1.17 bits per heavy atom. The average Bonchev–Trinajstić information content (AvgIpc) is 2.55. The van der Waals surface area contributed by atoms with Gasteiger partial charge in [-0.15, -0.1) is 0 Å². The van der Waals surface area contributed by atoms with Crippen molar-refractivity contribution in [3.05, 3.63) is 76.7 Å². The molecule has 23 heavy (non-hydrogen) atoms. The first-order valence-corrected chi connectivity index (χ1v) is 7.61. The van der Waals surface area contributed by atoms with Gasteiger partial charge in [0.2, 0.25) is 0 Å². The fourth-order valence-electron chi connectivity index (χ4n) is 2.12. The number of nitrogens with zero attached hydrogens (tertiary/aromatic N) is 1. The number of benzene rings is 2. The number of para-hydroxylation sites is 1. The Kier molecular flexibility index (Phi) is 4.48. The number of esters is 1. The van der Waals surface area contributed by atoms with Gasteiger partial charge in [0.15, 0.2) is 11.6 Å². The van der Waals surface area contributed by atoms with E-state index in [1.807, 2.05) is 30.3 Å². The van der Waals surface area contributed by atoms with E-state index in [1.165, 1.54) is 18.2 Å². The highest BCUT2D eigenvalue weighted by Gasteiger charge is 2.07. The molecule has 3 rings (SSSR count). The number of halogens is 2. The quantitative estimate of drug-likeness (QED) is 0.378. The molecule has 0 saturated heterocycles. The molecule has 0 atom stereocenters. The largest absolute Gasteiger partial charge is 0.420 e. The first-order chi connectivity index (χ1) is 11.1. The molecule has 0 radical (unpaired) electrons. The van der Waals surface area contributed by atoms with Crippen molar-refractivity contribution in [3.63, 3.8) is 0 Å². The second kappa shape index (κ2) is 6.71. The van der Waals surface area contributed by atoms with E-state index in [-0.39, 0.29) is 5.75 Å². The summed E-state index contributed by atoms with van der Waals surface area (Å²) in [4.78, 5) is 16.1. The lowest BCUT2D eigenvalue weighted by Crippen LogP contribution is -2.05. The van der Waals surface area contributed by atoms with Crippen LogP contribution in [0, 0.1) is 5.82 Å². The fraction of sp³-hybridized carbons (Fsp3) is 0. The van der Waals surface area contributed by atoms with Gasteiger partial charge in [0.05, 0.1) is 5.52 Å². The lowest BCUT2D eigenvalue weighted by atomic mass is 10.1. The Hall–Kier alpha value is -2.53. The fourth-order valence-corrected chi connectivity index (χ4v) is 2.45. The van der Waals surface area contributed by atoms with Gasteiger partial charge in [0.25, 0.3) is 0 Å². The van der Waals surface area contributed by atoms with Gasteiger partial charge in [-0.25, -0.2) is 9.18 Å². The van der Waals surface area contributed by atoms with Gasteiger partial charge in [0.1, 0.15) is 0 Å². The summed E-state index contributed by atoms with van der Waals surface area (Å²) in [7, 11) is 0. The van der Waals surface area contributed by atoms with Crippen LogP contribution in [0.4, 0.5) is 4.39 Å². The third-order valence-corrected chi connectivity index (χ3v) is 3.66. The molecular weight excluding hydrogens is 361 g/mol. The van der Waals surface area contributed by atoms with E-state index in [0.717, 1.165) is 16.5 Å². The zero-order valence-electron chi connectivity index (χ0n) is 11.9. The van der Waals surface area contributed by atoms with E-state index < -0.39 is 11.8 Å². The maximum Gasteiger partial charge on any atom is 0.336 e. The van der Waals surface area contributed by atoms with Crippen molar-refractivity contribution in [2.24, 2.45) is 0 Å². The highest BCUT2D eigenvalue weighted by Crippen LogP contribution is 2.22. The molecule has 0 aliphatic rings. The van der Waals surface area contributed by atoms with Crippen molar-refractivity contribution < 1.29 is 13.9 Å². The zero-order chi connectivity index (χ0) is 16.2. The van der Waals surface area contributed by atoms with Crippen LogP contribution in [0.25, 0.3) is 17.0 Å². The molecule has 0 fully saturated rings. The average molecular weight is 372 g/mol. The molecule has 1 heterocycles. The number of fused-ring (bicyclic) bond motifs is 1. The summed E-state index contributed by atoms with van der Waals surface area (Å²) in [6, 6.07) is 13.7. The number of hydrogen-bond acceptors (Lipinski definition) is 3. The predicted octanol–water partition coefficient (Wildman–Crippen LogP) is 4.76. The van der Waals surface area contributed by atoms with E-state index >= 15 is 0 Å². The van der Waals surface area contributed by atoms with Gasteiger partial charge in [0, 0.05) is 27.7 Å². The van der Waals surface area contributed by atoms with Crippen LogP contribution in [0.5, 0.6) is 5.75 Å². The van der Waals surface area contributed by atoms with Crippen LogP contribution in [0.2, 0.25) is 0 Å². The third kappa shape index (κ3) is 3.63. The smallest absolute Gasteiger partial charge is 0.336 e. The molecule has 0 N–H and O–H groups in total. The van der Waals surface area contributed by atoms with E-state index in [9.17, 15) is 9.18 Å². The molecule has 0 aliphatic carbocycles. The molecule has 1 aromatic heterocycles. The van der Waals surface area contributed by atoms with E-state index in [2.05, 4.69) is 20.9 Å². The summed E-state index contributed by atoms with van der Waals surface area (Å²) in [5.41, 5.74) is 1.57. The molecule has 3 aromatic rings. The molecule has 5 heteroatoms. The van der Waals surface area contributed by atoms with Crippen LogP contribution in [0.3, 0.4) is 0 Å². The van der Waals surface area contributed by atoms with Crippen molar-refractivity contribution in [1.82, 2.24) is 4.98 Å². The Labute approximate surface area is 140 Å². The second-order valence-corrected chi connectivity index (χ2v) is 5.67. The van der Waals surface area contributed by atoms with Crippen LogP contribution >= 0.6 is 15.9 Å². The number of aromatic nitrogens is 1. The minimum Gasteiger partial charge on any atom is -0.420 e. The van der Waals surface area contributed by atoms with Gasteiger partial charge >= 0.3 is 5.97 Å². The lowest BCUT2D eigenvalue weighted by molar-refractivity contribution is -0.129. The first kappa shape index (κ1) is 15.4. The van der Waals surface area contributed by atoms with E-state index in [4.69, 9.17) is 4.74 Å². The van der Waals surface area contributed by atoms with Gasteiger partial charge in [-0.2, -0.15) is 0 Å². The second-order valence-electron chi connectivity index (χ2n) is 4.75. The molecule has 0 bridgehead atoms. The van der Waals surface area contributed by atoms with E-state index in [1.54, 1.807) is 18.3 Å².